The number of ether oxygens (including phenoxy) is 1. The highest BCUT2D eigenvalue weighted by Crippen LogP contribution is 2.31. The molecule has 0 bridgehead atoms. The first-order valence-corrected chi connectivity index (χ1v) is 6.89. The standard InChI is InChI=1S/C16H24N2O3/c1-11-8-6-7-9-12(11)18-13(19)16(5,21-14(17)20)10-15(2,3)4/h6-9H,10H2,1-5H3,(H2,17,20)(H,18,19). The molecule has 0 fully saturated rings. The molecule has 0 heterocycles. The molecule has 21 heavy (non-hydrogen) atoms. The highest BCUT2D eigenvalue weighted by Gasteiger charge is 2.40. The maximum atomic E-state index is 12.6. The minimum atomic E-state index is -1.31. The summed E-state index contributed by atoms with van der Waals surface area (Å²) in [5.74, 6) is -0.384. The first kappa shape index (κ1) is 17.0. The summed E-state index contributed by atoms with van der Waals surface area (Å²) < 4.78 is 5.11. The van der Waals surface area contributed by atoms with Gasteiger partial charge in [0.05, 0.1) is 0 Å². The van der Waals surface area contributed by atoms with Gasteiger partial charge in [0.1, 0.15) is 0 Å². The first-order chi connectivity index (χ1) is 9.53. The number of hydrogen-bond acceptors (Lipinski definition) is 3. The van der Waals surface area contributed by atoms with Crippen LogP contribution >= 0.6 is 0 Å². The van der Waals surface area contributed by atoms with Crippen molar-refractivity contribution in [3.8, 4) is 0 Å². The minimum absolute atomic E-state index is 0.201. The summed E-state index contributed by atoms with van der Waals surface area (Å²) in [5.41, 5.74) is 5.23. The van der Waals surface area contributed by atoms with Crippen molar-refractivity contribution in [1.82, 2.24) is 0 Å². The first-order valence-electron chi connectivity index (χ1n) is 6.89. The van der Waals surface area contributed by atoms with Crippen molar-refractivity contribution in [3.63, 3.8) is 0 Å². The average Bonchev–Trinajstić information content (AvgIpc) is 2.28. The fourth-order valence-electron chi connectivity index (χ4n) is 2.36. The largest absolute Gasteiger partial charge is 0.433 e. The van der Waals surface area contributed by atoms with E-state index in [1.54, 1.807) is 13.0 Å². The number of amides is 2. The minimum Gasteiger partial charge on any atom is -0.433 e. The molecular weight excluding hydrogens is 268 g/mol. The summed E-state index contributed by atoms with van der Waals surface area (Å²) in [6.45, 7) is 9.38. The third-order valence-electron chi connectivity index (χ3n) is 3.07. The van der Waals surface area contributed by atoms with Crippen LogP contribution in [0.5, 0.6) is 0 Å². The number of nitrogens with one attached hydrogen (secondary N) is 1. The molecular formula is C16H24N2O3. The van der Waals surface area contributed by atoms with Crippen molar-refractivity contribution >= 4 is 17.7 Å². The molecule has 0 spiro atoms. The van der Waals surface area contributed by atoms with E-state index >= 15 is 0 Å². The van der Waals surface area contributed by atoms with Crippen molar-refractivity contribution in [3.05, 3.63) is 29.8 Å². The molecule has 1 aromatic carbocycles. The van der Waals surface area contributed by atoms with Gasteiger partial charge in [0, 0.05) is 12.1 Å². The van der Waals surface area contributed by atoms with E-state index in [0.717, 1.165) is 5.56 Å². The number of nitrogens with two attached hydrogens (primary N) is 1. The van der Waals surface area contributed by atoms with Crippen molar-refractivity contribution < 1.29 is 14.3 Å². The fraction of sp³-hybridized carbons (Fsp3) is 0.500. The third kappa shape index (κ3) is 5.10. The molecule has 2 amide bonds. The molecule has 0 aliphatic heterocycles. The zero-order valence-corrected chi connectivity index (χ0v) is 13.3. The Balaban J connectivity index is 3.00. The van der Waals surface area contributed by atoms with E-state index in [2.05, 4.69) is 5.32 Å². The van der Waals surface area contributed by atoms with E-state index in [4.69, 9.17) is 10.5 Å². The molecule has 1 atom stereocenters. The van der Waals surface area contributed by atoms with Crippen LogP contribution in [0.4, 0.5) is 10.5 Å². The van der Waals surface area contributed by atoms with E-state index in [0.29, 0.717) is 12.1 Å². The van der Waals surface area contributed by atoms with Gasteiger partial charge < -0.3 is 15.8 Å². The number of carbonyl (C=O) groups is 2. The molecule has 3 N–H and O–H groups in total. The van der Waals surface area contributed by atoms with Crippen LogP contribution < -0.4 is 11.1 Å². The van der Waals surface area contributed by atoms with Crippen LogP contribution in [0.3, 0.4) is 0 Å². The number of benzene rings is 1. The van der Waals surface area contributed by atoms with Crippen molar-refractivity contribution in [2.24, 2.45) is 11.1 Å². The Bertz CT molecular complexity index is 535. The van der Waals surface area contributed by atoms with E-state index in [-0.39, 0.29) is 11.3 Å². The van der Waals surface area contributed by atoms with Crippen LogP contribution in [-0.4, -0.2) is 17.6 Å². The van der Waals surface area contributed by atoms with Gasteiger partial charge in [0.2, 0.25) is 0 Å². The average molecular weight is 292 g/mol. The summed E-state index contributed by atoms with van der Waals surface area (Å²) in [7, 11) is 0. The molecule has 0 radical (unpaired) electrons. The van der Waals surface area contributed by atoms with Gasteiger partial charge in [-0.25, -0.2) is 4.79 Å². The highest BCUT2D eigenvalue weighted by atomic mass is 16.6. The number of hydrogen-bond donors (Lipinski definition) is 2. The lowest BCUT2D eigenvalue weighted by Crippen LogP contribution is -2.47. The zero-order chi connectivity index (χ0) is 16.3. The molecule has 5 heteroatoms. The number of anilines is 1. The molecule has 1 unspecified atom stereocenters. The predicted molar refractivity (Wildman–Crippen MR) is 83.0 cm³/mol. The number of rotatable bonds is 4. The lowest BCUT2D eigenvalue weighted by Gasteiger charge is -2.33. The van der Waals surface area contributed by atoms with Crippen LogP contribution in [0.2, 0.25) is 0 Å². The van der Waals surface area contributed by atoms with Crippen molar-refractivity contribution in [2.45, 2.75) is 46.6 Å². The Morgan fingerprint density at radius 2 is 1.76 bits per heavy atom. The van der Waals surface area contributed by atoms with Crippen LogP contribution in [0.25, 0.3) is 0 Å². The summed E-state index contributed by atoms with van der Waals surface area (Å²) in [4.78, 5) is 23.7. The normalized spacial score (nSPS) is 14.1. The number of carbonyl (C=O) groups excluding carboxylic acids is 2. The van der Waals surface area contributed by atoms with Crippen LogP contribution in [0.15, 0.2) is 24.3 Å². The Labute approximate surface area is 125 Å². The lowest BCUT2D eigenvalue weighted by molar-refractivity contribution is -0.135. The maximum absolute atomic E-state index is 12.6. The third-order valence-corrected chi connectivity index (χ3v) is 3.07. The summed E-state index contributed by atoms with van der Waals surface area (Å²) in [5, 5.41) is 2.81. The molecule has 1 rings (SSSR count). The van der Waals surface area contributed by atoms with Crippen LogP contribution in [0.1, 0.15) is 39.7 Å². The van der Waals surface area contributed by atoms with E-state index in [1.807, 2.05) is 45.9 Å². The Morgan fingerprint density at radius 3 is 2.24 bits per heavy atom. The van der Waals surface area contributed by atoms with Crippen molar-refractivity contribution in [1.29, 1.82) is 0 Å². The van der Waals surface area contributed by atoms with Gasteiger partial charge in [0.15, 0.2) is 5.60 Å². The quantitative estimate of drug-likeness (QED) is 0.894. The molecule has 1 aromatic rings. The predicted octanol–water partition coefficient (Wildman–Crippen LogP) is 3.22. The Hall–Kier alpha value is -2.04. The number of primary amides is 1. The second kappa shape index (κ2) is 6.16. The van der Waals surface area contributed by atoms with Gasteiger partial charge >= 0.3 is 6.09 Å². The molecule has 5 nitrogen and oxygen atoms in total. The molecule has 0 aliphatic rings. The van der Waals surface area contributed by atoms with Crippen LogP contribution in [0, 0.1) is 12.3 Å². The van der Waals surface area contributed by atoms with Gasteiger partial charge in [-0.2, -0.15) is 0 Å². The van der Waals surface area contributed by atoms with Gasteiger partial charge in [-0.15, -0.1) is 0 Å². The second-order valence-corrected chi connectivity index (χ2v) is 6.66. The van der Waals surface area contributed by atoms with E-state index in [1.165, 1.54) is 0 Å². The molecule has 0 saturated heterocycles. The summed E-state index contributed by atoms with van der Waals surface area (Å²) >= 11 is 0. The van der Waals surface area contributed by atoms with E-state index in [9.17, 15) is 9.59 Å². The lowest BCUT2D eigenvalue weighted by atomic mass is 9.82. The zero-order valence-electron chi connectivity index (χ0n) is 13.3. The summed E-state index contributed by atoms with van der Waals surface area (Å²) in [6.07, 6.45) is -0.595. The molecule has 0 aromatic heterocycles. The molecule has 116 valence electrons. The Morgan fingerprint density at radius 1 is 1.19 bits per heavy atom. The topological polar surface area (TPSA) is 81.4 Å². The fourth-order valence-corrected chi connectivity index (χ4v) is 2.36. The van der Waals surface area contributed by atoms with Gasteiger partial charge in [0.25, 0.3) is 5.91 Å². The highest BCUT2D eigenvalue weighted by molar-refractivity contribution is 5.98. The maximum Gasteiger partial charge on any atom is 0.405 e. The monoisotopic (exact) mass is 292 g/mol. The smallest absolute Gasteiger partial charge is 0.405 e. The number of aryl methyl sites for hydroxylation is 1. The number of para-hydroxylation sites is 1. The van der Waals surface area contributed by atoms with Gasteiger partial charge in [-0.05, 0) is 30.9 Å². The molecule has 0 aliphatic carbocycles. The Kier molecular flexibility index (Phi) is 4.99. The van der Waals surface area contributed by atoms with Gasteiger partial charge in [-0.3, -0.25) is 4.79 Å². The van der Waals surface area contributed by atoms with Crippen molar-refractivity contribution in [2.75, 3.05) is 5.32 Å². The molecule has 0 saturated carbocycles. The van der Waals surface area contributed by atoms with Gasteiger partial charge in [-0.1, -0.05) is 39.0 Å². The SMILES string of the molecule is Cc1ccccc1NC(=O)C(C)(CC(C)(C)C)OC(N)=O. The summed E-state index contributed by atoms with van der Waals surface area (Å²) in [6, 6.07) is 7.42. The second-order valence-electron chi connectivity index (χ2n) is 6.66. The van der Waals surface area contributed by atoms with Crippen LogP contribution in [-0.2, 0) is 9.53 Å². The van der Waals surface area contributed by atoms with E-state index < -0.39 is 11.7 Å².